The molecule has 0 amide bonds. The van der Waals surface area contributed by atoms with E-state index in [2.05, 4.69) is 0 Å². The fourth-order valence-corrected chi connectivity index (χ4v) is 2.73. The first-order valence-corrected chi connectivity index (χ1v) is 7.71. The Balaban J connectivity index is 2.06. The monoisotopic (exact) mass is 319 g/mol. The number of hydrogen-bond donors (Lipinski definition) is 2. The molecule has 0 aliphatic carbocycles. The summed E-state index contributed by atoms with van der Waals surface area (Å²) in [5.41, 5.74) is 8.12. The first-order chi connectivity index (χ1) is 10.5. The molecule has 2 rings (SSSR count). The smallest absolute Gasteiger partial charge is 0.119 e. The molecular formula is C18H22ClNO2. The third kappa shape index (κ3) is 4.23. The molecule has 0 aliphatic rings. The van der Waals surface area contributed by atoms with Gasteiger partial charge < -0.3 is 15.6 Å². The Kier molecular flexibility index (Phi) is 5.83. The average Bonchev–Trinajstić information content (AvgIpc) is 2.53. The molecule has 0 saturated heterocycles. The fourth-order valence-electron chi connectivity index (χ4n) is 2.53. The van der Waals surface area contributed by atoms with Crippen molar-refractivity contribution in [3.63, 3.8) is 0 Å². The molecule has 118 valence electrons. The van der Waals surface area contributed by atoms with Crippen LogP contribution in [0.15, 0.2) is 48.5 Å². The topological polar surface area (TPSA) is 55.5 Å². The SMILES string of the molecule is COc1cccc(CC(C)C(N)C(O)c2cccc(Cl)c2)c1. The van der Waals surface area contributed by atoms with Crippen molar-refractivity contribution in [1.29, 1.82) is 0 Å². The average molecular weight is 320 g/mol. The number of aliphatic hydroxyl groups is 1. The molecule has 0 bridgehead atoms. The molecule has 22 heavy (non-hydrogen) atoms. The highest BCUT2D eigenvalue weighted by Crippen LogP contribution is 2.25. The number of ether oxygens (including phenoxy) is 1. The van der Waals surface area contributed by atoms with Crippen molar-refractivity contribution in [3.8, 4) is 5.75 Å². The zero-order chi connectivity index (χ0) is 16.1. The third-order valence-corrected chi connectivity index (χ3v) is 4.14. The van der Waals surface area contributed by atoms with E-state index < -0.39 is 6.10 Å². The zero-order valence-corrected chi connectivity index (χ0v) is 13.6. The summed E-state index contributed by atoms with van der Waals surface area (Å²) in [7, 11) is 1.65. The lowest BCUT2D eigenvalue weighted by Crippen LogP contribution is -2.36. The maximum absolute atomic E-state index is 10.5. The molecule has 0 aromatic heterocycles. The molecule has 3 nitrogen and oxygen atoms in total. The Bertz CT molecular complexity index is 618. The molecule has 0 radical (unpaired) electrons. The summed E-state index contributed by atoms with van der Waals surface area (Å²) in [4.78, 5) is 0. The van der Waals surface area contributed by atoms with Crippen molar-refractivity contribution in [2.24, 2.45) is 11.7 Å². The number of methoxy groups -OCH3 is 1. The Labute approximate surface area is 136 Å². The van der Waals surface area contributed by atoms with Gasteiger partial charge >= 0.3 is 0 Å². The van der Waals surface area contributed by atoms with Crippen molar-refractivity contribution in [2.45, 2.75) is 25.5 Å². The minimum atomic E-state index is -0.737. The predicted octanol–water partition coefficient (Wildman–Crippen LogP) is 3.59. The van der Waals surface area contributed by atoms with E-state index in [1.807, 2.05) is 43.3 Å². The zero-order valence-electron chi connectivity index (χ0n) is 12.9. The standard InChI is InChI=1S/C18H22ClNO2/c1-12(9-13-5-3-8-16(10-13)22-2)17(20)18(21)14-6-4-7-15(19)11-14/h3-8,10-12,17-18,21H,9,20H2,1-2H3. The van der Waals surface area contributed by atoms with Crippen LogP contribution in [-0.4, -0.2) is 18.3 Å². The second-order valence-electron chi connectivity index (χ2n) is 5.61. The van der Waals surface area contributed by atoms with Gasteiger partial charge in [-0.15, -0.1) is 0 Å². The van der Waals surface area contributed by atoms with Gasteiger partial charge in [0.15, 0.2) is 0 Å². The van der Waals surface area contributed by atoms with Crippen molar-refractivity contribution in [1.82, 2.24) is 0 Å². The van der Waals surface area contributed by atoms with Gasteiger partial charge in [-0.2, -0.15) is 0 Å². The summed E-state index contributed by atoms with van der Waals surface area (Å²) in [5.74, 6) is 0.940. The van der Waals surface area contributed by atoms with Crippen LogP contribution in [0.3, 0.4) is 0 Å². The van der Waals surface area contributed by atoms with Crippen LogP contribution in [0.2, 0.25) is 5.02 Å². The molecule has 0 heterocycles. The van der Waals surface area contributed by atoms with Crippen LogP contribution < -0.4 is 10.5 Å². The molecule has 0 saturated carbocycles. The van der Waals surface area contributed by atoms with Gasteiger partial charge in [0.05, 0.1) is 13.2 Å². The summed E-state index contributed by atoms with van der Waals surface area (Å²) in [6.45, 7) is 2.04. The van der Waals surface area contributed by atoms with Crippen molar-refractivity contribution < 1.29 is 9.84 Å². The van der Waals surface area contributed by atoms with Gasteiger partial charge in [0, 0.05) is 11.1 Å². The van der Waals surface area contributed by atoms with E-state index in [0.717, 1.165) is 23.3 Å². The van der Waals surface area contributed by atoms with E-state index in [-0.39, 0.29) is 12.0 Å². The Morgan fingerprint density at radius 1 is 1.18 bits per heavy atom. The number of nitrogens with two attached hydrogens (primary N) is 1. The Morgan fingerprint density at radius 3 is 2.59 bits per heavy atom. The van der Waals surface area contributed by atoms with Gasteiger partial charge in [0.25, 0.3) is 0 Å². The summed E-state index contributed by atoms with van der Waals surface area (Å²) >= 11 is 5.97. The van der Waals surface area contributed by atoms with Gasteiger partial charge in [0.1, 0.15) is 5.75 Å². The number of aliphatic hydroxyl groups excluding tert-OH is 1. The second kappa shape index (κ2) is 7.63. The van der Waals surface area contributed by atoms with E-state index in [4.69, 9.17) is 22.1 Å². The summed E-state index contributed by atoms with van der Waals surface area (Å²) in [5, 5.41) is 11.1. The molecule has 0 fully saturated rings. The lowest BCUT2D eigenvalue weighted by Gasteiger charge is -2.25. The van der Waals surface area contributed by atoms with E-state index in [1.165, 1.54) is 0 Å². The van der Waals surface area contributed by atoms with Crippen LogP contribution in [0.4, 0.5) is 0 Å². The molecule has 0 spiro atoms. The minimum absolute atomic E-state index is 0.112. The van der Waals surface area contributed by atoms with Crippen LogP contribution >= 0.6 is 11.6 Å². The Hall–Kier alpha value is -1.55. The maximum Gasteiger partial charge on any atom is 0.119 e. The van der Waals surface area contributed by atoms with Crippen molar-refractivity contribution in [3.05, 3.63) is 64.7 Å². The molecule has 0 aliphatic heterocycles. The maximum atomic E-state index is 10.5. The van der Waals surface area contributed by atoms with Gasteiger partial charge in [-0.05, 0) is 47.7 Å². The van der Waals surface area contributed by atoms with Crippen LogP contribution in [0.5, 0.6) is 5.75 Å². The molecule has 3 N–H and O–H groups in total. The van der Waals surface area contributed by atoms with Gasteiger partial charge in [-0.25, -0.2) is 0 Å². The van der Waals surface area contributed by atoms with Gasteiger partial charge in [-0.3, -0.25) is 0 Å². The molecule has 3 unspecified atom stereocenters. The highest BCUT2D eigenvalue weighted by atomic mass is 35.5. The predicted molar refractivity (Wildman–Crippen MR) is 90.2 cm³/mol. The van der Waals surface area contributed by atoms with Gasteiger partial charge in [-0.1, -0.05) is 42.8 Å². The quantitative estimate of drug-likeness (QED) is 0.855. The normalized spacial score (nSPS) is 15.1. The molecule has 2 aromatic carbocycles. The van der Waals surface area contributed by atoms with Crippen LogP contribution in [-0.2, 0) is 6.42 Å². The molecule has 3 atom stereocenters. The largest absolute Gasteiger partial charge is 0.497 e. The van der Waals surface area contributed by atoms with Crippen molar-refractivity contribution >= 4 is 11.6 Å². The fraction of sp³-hybridized carbons (Fsp3) is 0.333. The molecule has 4 heteroatoms. The van der Waals surface area contributed by atoms with E-state index in [0.29, 0.717) is 5.02 Å². The van der Waals surface area contributed by atoms with Crippen molar-refractivity contribution in [2.75, 3.05) is 7.11 Å². The molecular weight excluding hydrogens is 298 g/mol. The van der Waals surface area contributed by atoms with E-state index >= 15 is 0 Å². The van der Waals surface area contributed by atoms with Crippen LogP contribution in [0.25, 0.3) is 0 Å². The second-order valence-corrected chi connectivity index (χ2v) is 6.05. The minimum Gasteiger partial charge on any atom is -0.497 e. The summed E-state index contributed by atoms with van der Waals surface area (Å²) < 4.78 is 5.23. The number of benzene rings is 2. The first kappa shape index (κ1) is 16.8. The highest BCUT2D eigenvalue weighted by molar-refractivity contribution is 6.30. The highest BCUT2D eigenvalue weighted by Gasteiger charge is 2.23. The number of halogens is 1. The summed E-state index contributed by atoms with van der Waals surface area (Å²) in [6.07, 6.45) is 0.0370. The van der Waals surface area contributed by atoms with Crippen LogP contribution in [0, 0.1) is 5.92 Å². The first-order valence-electron chi connectivity index (χ1n) is 7.33. The molecule has 2 aromatic rings. The summed E-state index contributed by atoms with van der Waals surface area (Å²) in [6, 6.07) is 14.7. The van der Waals surface area contributed by atoms with E-state index in [1.54, 1.807) is 19.2 Å². The lowest BCUT2D eigenvalue weighted by molar-refractivity contribution is 0.121. The third-order valence-electron chi connectivity index (χ3n) is 3.90. The van der Waals surface area contributed by atoms with Gasteiger partial charge in [0.2, 0.25) is 0 Å². The van der Waals surface area contributed by atoms with Crippen LogP contribution in [0.1, 0.15) is 24.2 Å². The van der Waals surface area contributed by atoms with E-state index in [9.17, 15) is 5.11 Å². The Morgan fingerprint density at radius 2 is 1.91 bits per heavy atom. The number of rotatable bonds is 6. The lowest BCUT2D eigenvalue weighted by atomic mass is 9.88. The number of hydrogen-bond acceptors (Lipinski definition) is 3.